The maximum Gasteiger partial charge on any atom is 0.191 e. The number of ether oxygens (including phenoxy) is 2. The first-order chi connectivity index (χ1) is 12.2. The fraction of sp³-hybridized carbons (Fsp3) is 0.632. The van der Waals surface area contributed by atoms with E-state index < -0.39 is 0 Å². The van der Waals surface area contributed by atoms with E-state index in [-0.39, 0.29) is 24.0 Å². The predicted molar refractivity (Wildman–Crippen MR) is 118 cm³/mol. The van der Waals surface area contributed by atoms with Gasteiger partial charge in [0.25, 0.3) is 0 Å². The summed E-state index contributed by atoms with van der Waals surface area (Å²) in [5.41, 5.74) is 0. The largest absolute Gasteiger partial charge is 0.497 e. The Labute approximate surface area is 174 Å². The highest BCUT2D eigenvalue weighted by atomic mass is 127. The molecule has 0 atom stereocenters. The Balaban J connectivity index is 0.00000338. The van der Waals surface area contributed by atoms with Gasteiger partial charge in [0.2, 0.25) is 0 Å². The Morgan fingerprint density at radius 1 is 1.27 bits per heavy atom. The van der Waals surface area contributed by atoms with E-state index in [2.05, 4.69) is 27.4 Å². The van der Waals surface area contributed by atoms with Gasteiger partial charge in [-0.3, -0.25) is 4.99 Å². The zero-order chi connectivity index (χ0) is 17.9. The van der Waals surface area contributed by atoms with E-state index in [0.717, 1.165) is 17.5 Å². The molecule has 26 heavy (non-hydrogen) atoms. The van der Waals surface area contributed by atoms with Gasteiger partial charge in [0.05, 0.1) is 13.7 Å². The minimum Gasteiger partial charge on any atom is -0.497 e. The molecular weight excluding hydrogens is 443 g/mol. The number of methoxy groups -OCH3 is 1. The van der Waals surface area contributed by atoms with Crippen molar-refractivity contribution in [1.82, 2.24) is 15.5 Å². The fourth-order valence-electron chi connectivity index (χ4n) is 3.03. The number of likely N-dealkylation sites (tertiary alicyclic amines) is 1. The van der Waals surface area contributed by atoms with Crippen LogP contribution < -0.4 is 20.1 Å². The lowest BCUT2D eigenvalue weighted by molar-refractivity contribution is 0.206. The van der Waals surface area contributed by atoms with E-state index >= 15 is 0 Å². The van der Waals surface area contributed by atoms with Gasteiger partial charge < -0.3 is 25.0 Å². The maximum atomic E-state index is 5.74. The Morgan fingerprint density at radius 2 is 2.00 bits per heavy atom. The Kier molecular flexibility index (Phi) is 11.4. The summed E-state index contributed by atoms with van der Waals surface area (Å²) in [5, 5.41) is 6.84. The molecule has 1 heterocycles. The van der Waals surface area contributed by atoms with Crippen LogP contribution in [0.1, 0.15) is 26.2 Å². The molecule has 1 aromatic rings. The van der Waals surface area contributed by atoms with Crippen LogP contribution in [0.4, 0.5) is 0 Å². The molecule has 0 bridgehead atoms. The lowest BCUT2D eigenvalue weighted by Gasteiger charge is -2.32. The standard InChI is InChI=1S/C19H32N4O2.HI/c1-4-11-23-12-8-16(9-13-23)22-19(20-2)21-10-14-25-18-7-5-6-17(15-18)24-3;/h5-7,15-16H,4,8-14H2,1-3H3,(H2,20,21,22);1H. The van der Waals surface area contributed by atoms with Crippen LogP contribution in [0.2, 0.25) is 0 Å². The van der Waals surface area contributed by atoms with Crippen molar-refractivity contribution in [2.75, 3.05) is 46.9 Å². The molecule has 0 spiro atoms. The fourth-order valence-corrected chi connectivity index (χ4v) is 3.03. The lowest BCUT2D eigenvalue weighted by Crippen LogP contribution is -2.49. The van der Waals surface area contributed by atoms with Crippen molar-refractivity contribution in [2.24, 2.45) is 4.99 Å². The average molecular weight is 476 g/mol. The zero-order valence-electron chi connectivity index (χ0n) is 16.2. The third kappa shape index (κ3) is 7.99. The van der Waals surface area contributed by atoms with Crippen molar-refractivity contribution < 1.29 is 9.47 Å². The van der Waals surface area contributed by atoms with Gasteiger partial charge in [0.15, 0.2) is 5.96 Å². The SMILES string of the molecule is CCCN1CCC(NC(=NC)NCCOc2cccc(OC)c2)CC1.I. The van der Waals surface area contributed by atoms with Crippen LogP contribution in [0.3, 0.4) is 0 Å². The molecule has 1 aliphatic rings. The second-order valence-corrected chi connectivity index (χ2v) is 6.29. The van der Waals surface area contributed by atoms with E-state index in [1.165, 1.54) is 38.9 Å². The number of hydrogen-bond donors (Lipinski definition) is 2. The summed E-state index contributed by atoms with van der Waals surface area (Å²) in [6.07, 6.45) is 3.57. The second kappa shape index (κ2) is 13.0. The smallest absolute Gasteiger partial charge is 0.191 e. The van der Waals surface area contributed by atoms with Crippen LogP contribution in [0.15, 0.2) is 29.3 Å². The Bertz CT molecular complexity index is 534. The normalized spacial score (nSPS) is 15.9. The number of nitrogens with one attached hydrogen (secondary N) is 2. The molecular formula is C19H33IN4O2. The van der Waals surface area contributed by atoms with Gasteiger partial charge in [-0.2, -0.15) is 0 Å². The van der Waals surface area contributed by atoms with E-state index in [4.69, 9.17) is 9.47 Å². The highest BCUT2D eigenvalue weighted by molar-refractivity contribution is 14.0. The number of hydrogen-bond acceptors (Lipinski definition) is 4. The first-order valence-electron chi connectivity index (χ1n) is 9.21. The number of piperidine rings is 1. The summed E-state index contributed by atoms with van der Waals surface area (Å²) in [5.74, 6) is 2.47. The van der Waals surface area contributed by atoms with Crippen molar-refractivity contribution in [3.8, 4) is 11.5 Å². The number of nitrogens with zero attached hydrogens (tertiary/aromatic N) is 2. The van der Waals surface area contributed by atoms with E-state index in [1.807, 2.05) is 31.3 Å². The van der Waals surface area contributed by atoms with Crippen molar-refractivity contribution in [3.63, 3.8) is 0 Å². The summed E-state index contributed by atoms with van der Waals surface area (Å²) in [6, 6.07) is 8.14. The molecule has 2 rings (SSSR count). The molecule has 1 fully saturated rings. The number of aliphatic imine (C=N–C) groups is 1. The molecule has 2 N–H and O–H groups in total. The number of halogens is 1. The van der Waals surface area contributed by atoms with Crippen LogP contribution >= 0.6 is 24.0 Å². The van der Waals surface area contributed by atoms with Gasteiger partial charge >= 0.3 is 0 Å². The van der Waals surface area contributed by atoms with Gasteiger partial charge in [-0.25, -0.2) is 0 Å². The molecule has 148 valence electrons. The second-order valence-electron chi connectivity index (χ2n) is 6.29. The van der Waals surface area contributed by atoms with Crippen LogP contribution in [-0.4, -0.2) is 63.8 Å². The minimum atomic E-state index is 0. The summed E-state index contributed by atoms with van der Waals surface area (Å²) in [6.45, 7) is 7.06. The molecule has 0 amide bonds. The van der Waals surface area contributed by atoms with E-state index in [1.54, 1.807) is 7.11 Å². The first-order valence-corrected chi connectivity index (χ1v) is 9.21. The molecule has 0 unspecified atom stereocenters. The summed E-state index contributed by atoms with van der Waals surface area (Å²) in [7, 11) is 3.47. The van der Waals surface area contributed by atoms with E-state index in [9.17, 15) is 0 Å². The number of benzene rings is 1. The highest BCUT2D eigenvalue weighted by Crippen LogP contribution is 2.18. The van der Waals surface area contributed by atoms with Crippen molar-refractivity contribution in [2.45, 2.75) is 32.2 Å². The van der Waals surface area contributed by atoms with E-state index in [0.29, 0.717) is 19.2 Å². The molecule has 6 nitrogen and oxygen atoms in total. The van der Waals surface area contributed by atoms with Crippen LogP contribution in [-0.2, 0) is 0 Å². The van der Waals surface area contributed by atoms with Gasteiger partial charge in [0, 0.05) is 32.2 Å². The van der Waals surface area contributed by atoms with Crippen LogP contribution in [0, 0.1) is 0 Å². The molecule has 1 aliphatic heterocycles. The van der Waals surface area contributed by atoms with Crippen molar-refractivity contribution in [3.05, 3.63) is 24.3 Å². The maximum absolute atomic E-state index is 5.74. The summed E-state index contributed by atoms with van der Waals surface area (Å²) < 4.78 is 10.9. The topological polar surface area (TPSA) is 58.1 Å². The molecule has 7 heteroatoms. The van der Waals surface area contributed by atoms with Gasteiger partial charge in [-0.1, -0.05) is 13.0 Å². The third-order valence-electron chi connectivity index (χ3n) is 4.40. The molecule has 0 radical (unpaired) electrons. The third-order valence-corrected chi connectivity index (χ3v) is 4.40. The molecule has 1 aromatic carbocycles. The lowest BCUT2D eigenvalue weighted by atomic mass is 10.1. The van der Waals surface area contributed by atoms with Gasteiger partial charge in [0.1, 0.15) is 18.1 Å². The highest BCUT2D eigenvalue weighted by Gasteiger charge is 2.19. The van der Waals surface area contributed by atoms with Crippen molar-refractivity contribution >= 4 is 29.9 Å². The molecule has 0 saturated carbocycles. The van der Waals surface area contributed by atoms with Gasteiger partial charge in [-0.05, 0) is 37.9 Å². The zero-order valence-corrected chi connectivity index (χ0v) is 18.5. The number of guanidine groups is 1. The van der Waals surface area contributed by atoms with Crippen LogP contribution in [0.25, 0.3) is 0 Å². The Morgan fingerprint density at radius 3 is 2.65 bits per heavy atom. The monoisotopic (exact) mass is 476 g/mol. The molecule has 1 saturated heterocycles. The van der Waals surface area contributed by atoms with Crippen molar-refractivity contribution in [1.29, 1.82) is 0 Å². The average Bonchev–Trinajstić information content (AvgIpc) is 2.66. The summed E-state index contributed by atoms with van der Waals surface area (Å²) >= 11 is 0. The van der Waals surface area contributed by atoms with Gasteiger partial charge in [-0.15, -0.1) is 24.0 Å². The molecule has 0 aliphatic carbocycles. The molecule has 0 aromatic heterocycles. The quantitative estimate of drug-likeness (QED) is 0.262. The Hall–Kier alpha value is -1.22. The first kappa shape index (κ1) is 22.8. The number of rotatable bonds is 8. The predicted octanol–water partition coefficient (Wildman–Crippen LogP) is 2.73. The summed E-state index contributed by atoms with van der Waals surface area (Å²) in [4.78, 5) is 6.85. The van der Waals surface area contributed by atoms with Crippen LogP contribution in [0.5, 0.6) is 11.5 Å². The minimum absolute atomic E-state index is 0.